The number of piperidine rings is 1. The second kappa shape index (κ2) is 8.07. The van der Waals surface area contributed by atoms with Gasteiger partial charge in [0.2, 0.25) is 0 Å². The Morgan fingerprint density at radius 3 is 2.86 bits per heavy atom. The largest absolute Gasteiger partial charge is 0.444 e. The Kier molecular flexibility index (Phi) is 5.67. The van der Waals surface area contributed by atoms with E-state index in [0.29, 0.717) is 12.5 Å². The summed E-state index contributed by atoms with van der Waals surface area (Å²) in [6.07, 6.45) is 4.89. The fraction of sp³-hybridized carbons (Fsp3) is 0.565. The molecule has 2 aromatic rings. The second-order valence-electron chi connectivity index (χ2n) is 9.13. The van der Waals surface area contributed by atoms with E-state index in [0.717, 1.165) is 48.5 Å². The van der Waals surface area contributed by atoms with E-state index in [2.05, 4.69) is 31.2 Å². The SMILES string of the molecule is C[C@H]1CCC(c2ccc3sc(C4=CCOCC4)nc3c2)N(C(=O)OC(C)(C)C)C1. The maximum absolute atomic E-state index is 12.9. The quantitative estimate of drug-likeness (QED) is 0.622. The van der Waals surface area contributed by atoms with Gasteiger partial charge in [0, 0.05) is 6.54 Å². The maximum Gasteiger partial charge on any atom is 0.410 e. The first-order chi connectivity index (χ1) is 13.8. The highest BCUT2D eigenvalue weighted by Gasteiger charge is 2.34. The van der Waals surface area contributed by atoms with Crippen LogP contribution in [0.4, 0.5) is 4.79 Å². The highest BCUT2D eigenvalue weighted by atomic mass is 32.1. The van der Waals surface area contributed by atoms with Crippen LogP contribution in [0.1, 0.15) is 63.6 Å². The van der Waals surface area contributed by atoms with Crippen LogP contribution in [-0.2, 0) is 9.47 Å². The van der Waals surface area contributed by atoms with Crippen molar-refractivity contribution in [1.29, 1.82) is 0 Å². The molecule has 1 unspecified atom stereocenters. The van der Waals surface area contributed by atoms with Crippen molar-refractivity contribution in [3.05, 3.63) is 34.8 Å². The standard InChI is InChI=1S/C23H30N2O3S/c1-15-5-7-19(25(14-15)22(26)28-23(2,3)4)17-6-8-20-18(13-17)24-21(29-20)16-9-11-27-12-10-16/h6,8-9,13,15,19H,5,7,10-12,14H2,1-4H3/t15-,19?/m0/s1. The van der Waals surface area contributed by atoms with E-state index in [-0.39, 0.29) is 12.1 Å². The fourth-order valence-corrected chi connectivity index (χ4v) is 5.05. The number of thiazole rings is 1. The topological polar surface area (TPSA) is 51.7 Å². The minimum absolute atomic E-state index is 0.0397. The van der Waals surface area contributed by atoms with E-state index in [1.54, 1.807) is 11.3 Å². The Balaban J connectivity index is 1.62. The lowest BCUT2D eigenvalue weighted by Gasteiger charge is -2.39. The zero-order valence-electron chi connectivity index (χ0n) is 17.7. The van der Waals surface area contributed by atoms with Crippen molar-refractivity contribution in [3.63, 3.8) is 0 Å². The molecule has 1 saturated heterocycles. The minimum atomic E-state index is -0.493. The molecule has 1 amide bonds. The third kappa shape index (κ3) is 4.64. The average Bonchev–Trinajstić information content (AvgIpc) is 3.10. The van der Waals surface area contributed by atoms with Crippen LogP contribution < -0.4 is 0 Å². The third-order valence-corrected chi connectivity index (χ3v) is 6.59. The lowest BCUT2D eigenvalue weighted by molar-refractivity contribution is 0.00365. The van der Waals surface area contributed by atoms with Gasteiger partial charge >= 0.3 is 6.09 Å². The molecule has 4 rings (SSSR count). The van der Waals surface area contributed by atoms with E-state index in [1.807, 2.05) is 25.7 Å². The molecular weight excluding hydrogens is 384 g/mol. The van der Waals surface area contributed by atoms with Crippen molar-refractivity contribution in [3.8, 4) is 0 Å². The number of likely N-dealkylation sites (tertiary alicyclic amines) is 1. The lowest BCUT2D eigenvalue weighted by Crippen LogP contribution is -2.44. The number of aromatic nitrogens is 1. The predicted octanol–water partition coefficient (Wildman–Crippen LogP) is 5.81. The minimum Gasteiger partial charge on any atom is -0.444 e. The van der Waals surface area contributed by atoms with Crippen LogP contribution >= 0.6 is 11.3 Å². The van der Waals surface area contributed by atoms with Gasteiger partial charge in [-0.05, 0) is 69.2 Å². The van der Waals surface area contributed by atoms with Crippen molar-refractivity contribution >= 4 is 33.2 Å². The molecule has 2 aliphatic heterocycles. The molecule has 1 aromatic heterocycles. The summed E-state index contributed by atoms with van der Waals surface area (Å²) in [6.45, 7) is 10.1. The molecule has 0 saturated carbocycles. The molecule has 0 bridgehead atoms. The van der Waals surface area contributed by atoms with Gasteiger partial charge in [0.1, 0.15) is 10.6 Å². The first-order valence-electron chi connectivity index (χ1n) is 10.5. The van der Waals surface area contributed by atoms with Crippen molar-refractivity contribution in [1.82, 2.24) is 9.88 Å². The molecule has 0 aliphatic carbocycles. The van der Waals surface area contributed by atoms with Crippen molar-refractivity contribution in [2.75, 3.05) is 19.8 Å². The smallest absolute Gasteiger partial charge is 0.410 e. The summed E-state index contributed by atoms with van der Waals surface area (Å²) in [5, 5.41) is 1.08. The van der Waals surface area contributed by atoms with Gasteiger partial charge in [-0.3, -0.25) is 0 Å². The highest BCUT2D eigenvalue weighted by molar-refractivity contribution is 7.19. The van der Waals surface area contributed by atoms with Gasteiger partial charge in [0.25, 0.3) is 0 Å². The molecule has 6 heteroatoms. The van der Waals surface area contributed by atoms with Crippen LogP contribution in [0.25, 0.3) is 15.8 Å². The van der Waals surface area contributed by atoms with Crippen LogP contribution in [0, 0.1) is 5.92 Å². The average molecular weight is 415 g/mol. The zero-order chi connectivity index (χ0) is 20.6. The summed E-state index contributed by atoms with van der Waals surface area (Å²) in [5.74, 6) is 0.480. The lowest BCUT2D eigenvalue weighted by atomic mass is 9.90. The summed E-state index contributed by atoms with van der Waals surface area (Å²) in [7, 11) is 0. The van der Waals surface area contributed by atoms with Gasteiger partial charge in [-0.25, -0.2) is 9.78 Å². The Labute approximate surface area is 176 Å². The Bertz CT molecular complexity index is 928. The van der Waals surface area contributed by atoms with Crippen molar-refractivity contribution < 1.29 is 14.3 Å². The number of ether oxygens (including phenoxy) is 2. The van der Waals surface area contributed by atoms with Crippen molar-refractivity contribution in [2.24, 2.45) is 5.92 Å². The van der Waals surface area contributed by atoms with E-state index in [4.69, 9.17) is 14.5 Å². The highest BCUT2D eigenvalue weighted by Crippen LogP contribution is 2.37. The van der Waals surface area contributed by atoms with Gasteiger partial charge in [0.05, 0.1) is 29.5 Å². The molecule has 2 atom stereocenters. The summed E-state index contributed by atoms with van der Waals surface area (Å²) in [6, 6.07) is 6.50. The Hall–Kier alpha value is -1.92. The zero-order valence-corrected chi connectivity index (χ0v) is 18.6. The molecule has 156 valence electrons. The van der Waals surface area contributed by atoms with Crippen LogP contribution in [-0.4, -0.2) is 41.3 Å². The van der Waals surface area contributed by atoms with E-state index < -0.39 is 5.60 Å². The first-order valence-corrected chi connectivity index (χ1v) is 11.3. The van der Waals surface area contributed by atoms with Crippen LogP contribution in [0.15, 0.2) is 24.3 Å². The number of carbonyl (C=O) groups is 1. The normalized spacial score (nSPS) is 23.2. The number of hydrogen-bond acceptors (Lipinski definition) is 5. The fourth-order valence-electron chi connectivity index (χ4n) is 4.03. The molecule has 3 heterocycles. The number of benzene rings is 1. The summed E-state index contributed by atoms with van der Waals surface area (Å²) < 4.78 is 12.3. The molecule has 0 spiro atoms. The molecule has 5 nitrogen and oxygen atoms in total. The van der Waals surface area contributed by atoms with Gasteiger partial charge < -0.3 is 14.4 Å². The second-order valence-corrected chi connectivity index (χ2v) is 10.2. The first kappa shape index (κ1) is 20.4. The van der Waals surface area contributed by atoms with E-state index >= 15 is 0 Å². The number of fused-ring (bicyclic) bond motifs is 1. The van der Waals surface area contributed by atoms with Crippen molar-refractivity contribution in [2.45, 2.75) is 58.6 Å². The van der Waals surface area contributed by atoms with Crippen LogP contribution in [0.5, 0.6) is 0 Å². The predicted molar refractivity (Wildman–Crippen MR) is 117 cm³/mol. The van der Waals surface area contributed by atoms with Gasteiger partial charge in [-0.1, -0.05) is 19.1 Å². The maximum atomic E-state index is 12.9. The Morgan fingerprint density at radius 2 is 2.14 bits per heavy atom. The molecule has 29 heavy (non-hydrogen) atoms. The van der Waals surface area contributed by atoms with Gasteiger partial charge in [-0.15, -0.1) is 11.3 Å². The monoisotopic (exact) mass is 414 g/mol. The number of hydrogen-bond donors (Lipinski definition) is 0. The Morgan fingerprint density at radius 1 is 1.31 bits per heavy atom. The number of rotatable bonds is 2. The van der Waals surface area contributed by atoms with Crippen LogP contribution in [0.3, 0.4) is 0 Å². The molecule has 1 fully saturated rings. The summed E-state index contributed by atoms with van der Waals surface area (Å²) in [5.41, 5.74) is 2.94. The molecule has 0 N–H and O–H groups in total. The number of nitrogens with zero attached hydrogens (tertiary/aromatic N) is 2. The summed E-state index contributed by atoms with van der Waals surface area (Å²) >= 11 is 1.73. The number of carbonyl (C=O) groups excluding carboxylic acids is 1. The van der Waals surface area contributed by atoms with Gasteiger partial charge in [-0.2, -0.15) is 0 Å². The van der Waals surface area contributed by atoms with E-state index in [9.17, 15) is 4.79 Å². The molecular formula is C23H30N2O3S. The van der Waals surface area contributed by atoms with Crippen LogP contribution in [0.2, 0.25) is 0 Å². The molecule has 2 aliphatic rings. The number of amides is 1. The van der Waals surface area contributed by atoms with E-state index in [1.165, 1.54) is 10.3 Å². The third-order valence-electron chi connectivity index (χ3n) is 5.48. The summed E-state index contributed by atoms with van der Waals surface area (Å²) in [4.78, 5) is 19.7. The van der Waals surface area contributed by atoms with Gasteiger partial charge in [0.15, 0.2) is 0 Å². The molecule has 1 aromatic carbocycles. The molecule has 0 radical (unpaired) electrons.